The van der Waals surface area contributed by atoms with Gasteiger partial charge in [-0.2, -0.15) is 0 Å². The summed E-state index contributed by atoms with van der Waals surface area (Å²) in [6.07, 6.45) is -7.81. The molecule has 0 unspecified atom stereocenters. The Bertz CT molecular complexity index is 1030. The number of rotatable bonds is 6. The SMILES string of the molecule is COc1cc([C@H]2Cc3cccc(O[C@@H]4O[C@H](CO)[C@@H](O)[C@H](O)[C@H]4O)c3C(=O)O2)cc(OC)c1O. The Hall–Kier alpha value is -3.09. The molecule has 1 saturated heterocycles. The lowest BCUT2D eigenvalue weighted by Gasteiger charge is -2.40. The van der Waals surface area contributed by atoms with Crippen molar-refractivity contribution in [1.29, 1.82) is 0 Å². The summed E-state index contributed by atoms with van der Waals surface area (Å²) in [5.74, 6) is -0.498. The van der Waals surface area contributed by atoms with E-state index in [1.807, 2.05) is 0 Å². The molecule has 0 spiro atoms. The lowest BCUT2D eigenvalue weighted by molar-refractivity contribution is -0.277. The zero-order valence-corrected chi connectivity index (χ0v) is 18.5. The first-order chi connectivity index (χ1) is 16.3. The highest BCUT2D eigenvalue weighted by Crippen LogP contribution is 2.42. The second-order valence-electron chi connectivity index (χ2n) is 7.98. The predicted octanol–water partition coefficient (Wildman–Crippen LogP) is 0.0423. The molecule has 0 radical (unpaired) electrons. The average Bonchev–Trinajstić information content (AvgIpc) is 2.84. The molecule has 6 atom stereocenters. The van der Waals surface area contributed by atoms with Crippen LogP contribution in [0.5, 0.6) is 23.0 Å². The van der Waals surface area contributed by atoms with Crippen LogP contribution in [0, 0.1) is 0 Å². The third kappa shape index (κ3) is 4.24. The number of aromatic hydroxyl groups is 1. The lowest BCUT2D eigenvalue weighted by atomic mass is 9.93. The maximum absolute atomic E-state index is 13.0. The van der Waals surface area contributed by atoms with Crippen molar-refractivity contribution in [2.45, 2.75) is 43.2 Å². The largest absolute Gasteiger partial charge is 0.502 e. The van der Waals surface area contributed by atoms with E-state index in [2.05, 4.69) is 0 Å². The number of cyclic esters (lactones) is 1. The molecule has 184 valence electrons. The van der Waals surface area contributed by atoms with Crippen LogP contribution in [0.25, 0.3) is 0 Å². The van der Waals surface area contributed by atoms with Crippen LogP contribution in [0.2, 0.25) is 0 Å². The summed E-state index contributed by atoms with van der Waals surface area (Å²) < 4.78 is 27.1. The van der Waals surface area contributed by atoms with Gasteiger partial charge < -0.3 is 49.2 Å². The van der Waals surface area contributed by atoms with E-state index in [1.165, 1.54) is 20.3 Å². The Kier molecular flexibility index (Phi) is 6.82. The Morgan fingerprint density at radius 1 is 1.00 bits per heavy atom. The van der Waals surface area contributed by atoms with Gasteiger partial charge in [0.25, 0.3) is 0 Å². The number of fused-ring (bicyclic) bond motifs is 1. The van der Waals surface area contributed by atoms with Crippen molar-refractivity contribution >= 4 is 5.97 Å². The minimum Gasteiger partial charge on any atom is -0.502 e. The van der Waals surface area contributed by atoms with Crippen molar-refractivity contribution in [1.82, 2.24) is 0 Å². The number of hydrogen-bond donors (Lipinski definition) is 5. The van der Waals surface area contributed by atoms with Gasteiger partial charge in [0.15, 0.2) is 11.5 Å². The topological polar surface area (TPSA) is 164 Å². The van der Waals surface area contributed by atoms with Crippen molar-refractivity contribution in [3.63, 3.8) is 0 Å². The minimum atomic E-state index is -1.63. The number of esters is 1. The van der Waals surface area contributed by atoms with Gasteiger partial charge in [-0.15, -0.1) is 0 Å². The van der Waals surface area contributed by atoms with Crippen LogP contribution in [-0.2, 0) is 15.9 Å². The second-order valence-corrected chi connectivity index (χ2v) is 7.98. The number of carbonyl (C=O) groups is 1. The van der Waals surface area contributed by atoms with Gasteiger partial charge in [0, 0.05) is 12.0 Å². The molecule has 2 aromatic carbocycles. The predicted molar refractivity (Wildman–Crippen MR) is 114 cm³/mol. The van der Waals surface area contributed by atoms with Gasteiger partial charge in [0.2, 0.25) is 12.0 Å². The minimum absolute atomic E-state index is 0.0474. The Labute approximate surface area is 194 Å². The summed E-state index contributed by atoms with van der Waals surface area (Å²) in [6, 6.07) is 7.95. The Balaban J connectivity index is 1.61. The quantitative estimate of drug-likeness (QED) is 0.356. The lowest BCUT2D eigenvalue weighted by Crippen LogP contribution is -2.60. The van der Waals surface area contributed by atoms with Gasteiger partial charge in [-0.05, 0) is 23.8 Å². The van der Waals surface area contributed by atoms with E-state index in [4.69, 9.17) is 23.7 Å². The molecule has 4 rings (SSSR count). The Morgan fingerprint density at radius 3 is 2.29 bits per heavy atom. The van der Waals surface area contributed by atoms with Crippen LogP contribution < -0.4 is 14.2 Å². The van der Waals surface area contributed by atoms with E-state index in [1.54, 1.807) is 24.3 Å². The summed E-state index contributed by atoms with van der Waals surface area (Å²) in [4.78, 5) is 13.0. The molecule has 0 aliphatic carbocycles. The fourth-order valence-electron chi connectivity index (χ4n) is 4.08. The number of methoxy groups -OCH3 is 2. The smallest absolute Gasteiger partial charge is 0.342 e. The molecule has 0 bridgehead atoms. The molecule has 5 N–H and O–H groups in total. The third-order valence-electron chi connectivity index (χ3n) is 5.94. The highest BCUT2D eigenvalue weighted by atomic mass is 16.7. The van der Waals surface area contributed by atoms with Gasteiger partial charge in [0.1, 0.15) is 41.8 Å². The monoisotopic (exact) mass is 478 g/mol. The van der Waals surface area contributed by atoms with Crippen molar-refractivity contribution in [2.75, 3.05) is 20.8 Å². The third-order valence-corrected chi connectivity index (χ3v) is 5.94. The summed E-state index contributed by atoms with van der Waals surface area (Å²) in [6.45, 7) is -0.610. The van der Waals surface area contributed by atoms with Crippen molar-refractivity contribution in [2.24, 2.45) is 0 Å². The highest BCUT2D eigenvalue weighted by molar-refractivity contribution is 5.95. The molecule has 11 nitrogen and oxygen atoms in total. The number of aliphatic hydroxyl groups is 4. The van der Waals surface area contributed by atoms with Gasteiger partial charge in [-0.1, -0.05) is 12.1 Å². The normalized spacial score (nSPS) is 28.6. The van der Waals surface area contributed by atoms with E-state index < -0.39 is 49.4 Å². The zero-order valence-electron chi connectivity index (χ0n) is 18.5. The molecule has 2 heterocycles. The first kappa shape index (κ1) is 24.0. The van der Waals surface area contributed by atoms with E-state index in [0.717, 1.165) is 0 Å². The van der Waals surface area contributed by atoms with E-state index >= 15 is 0 Å². The molecule has 0 saturated carbocycles. The van der Waals surface area contributed by atoms with Gasteiger partial charge in [-0.25, -0.2) is 4.79 Å². The number of benzene rings is 2. The highest BCUT2D eigenvalue weighted by Gasteiger charge is 2.45. The molecular weight excluding hydrogens is 452 g/mol. The summed E-state index contributed by atoms with van der Waals surface area (Å²) in [5, 5.41) is 49.7. The molecule has 34 heavy (non-hydrogen) atoms. The molecule has 2 aliphatic rings. The molecule has 1 fully saturated rings. The fraction of sp³-hybridized carbons (Fsp3) is 0.435. The van der Waals surface area contributed by atoms with Crippen LogP contribution in [0.4, 0.5) is 0 Å². The van der Waals surface area contributed by atoms with E-state index in [9.17, 15) is 30.3 Å². The van der Waals surface area contributed by atoms with Crippen LogP contribution in [0.15, 0.2) is 30.3 Å². The van der Waals surface area contributed by atoms with Crippen molar-refractivity contribution in [3.05, 3.63) is 47.0 Å². The van der Waals surface area contributed by atoms with Crippen LogP contribution >= 0.6 is 0 Å². The maximum atomic E-state index is 13.0. The van der Waals surface area contributed by atoms with Gasteiger partial charge in [-0.3, -0.25) is 0 Å². The number of aliphatic hydroxyl groups excluding tert-OH is 4. The average molecular weight is 478 g/mol. The summed E-state index contributed by atoms with van der Waals surface area (Å²) in [5.41, 5.74) is 1.26. The summed E-state index contributed by atoms with van der Waals surface area (Å²) >= 11 is 0. The number of phenols is 1. The maximum Gasteiger partial charge on any atom is 0.342 e. The van der Waals surface area contributed by atoms with Crippen molar-refractivity contribution in [3.8, 4) is 23.0 Å². The summed E-state index contributed by atoms with van der Waals surface area (Å²) in [7, 11) is 2.78. The van der Waals surface area contributed by atoms with E-state index in [-0.39, 0.29) is 35.0 Å². The van der Waals surface area contributed by atoms with Crippen LogP contribution in [-0.4, -0.2) is 83.0 Å². The number of carbonyl (C=O) groups excluding carboxylic acids is 1. The molecule has 0 amide bonds. The first-order valence-corrected chi connectivity index (χ1v) is 10.5. The standard InChI is InChI=1S/C23H26O11/c1-30-14-7-11(8-15(31-2)18(14)25)13-6-10-4-3-5-12(17(10)22(29)32-13)33-23-21(28)20(27)19(26)16(9-24)34-23/h3-5,7-8,13,16,19-21,23-28H,6,9H2,1-2H3/t13-,16-,19-,20+,21-,23-/m1/s1. The van der Waals surface area contributed by atoms with Gasteiger partial charge in [0.05, 0.1) is 20.8 Å². The molecule has 0 aromatic heterocycles. The van der Waals surface area contributed by atoms with E-state index in [0.29, 0.717) is 11.1 Å². The van der Waals surface area contributed by atoms with Crippen molar-refractivity contribution < 1.29 is 54.0 Å². The zero-order chi connectivity index (χ0) is 24.6. The molecule has 2 aliphatic heterocycles. The second kappa shape index (κ2) is 9.65. The van der Waals surface area contributed by atoms with Crippen LogP contribution in [0.3, 0.4) is 0 Å². The molecular formula is C23H26O11. The number of phenolic OH excluding ortho intramolecular Hbond substituents is 1. The number of ether oxygens (including phenoxy) is 5. The van der Waals surface area contributed by atoms with Crippen LogP contribution in [0.1, 0.15) is 27.6 Å². The van der Waals surface area contributed by atoms with Gasteiger partial charge >= 0.3 is 5.97 Å². The first-order valence-electron chi connectivity index (χ1n) is 10.5. The molecule has 2 aromatic rings. The molecule has 11 heteroatoms. The number of hydrogen-bond acceptors (Lipinski definition) is 11. The fourth-order valence-corrected chi connectivity index (χ4v) is 4.08. The Morgan fingerprint density at radius 2 is 1.68 bits per heavy atom.